The van der Waals surface area contributed by atoms with E-state index in [-0.39, 0.29) is 11.6 Å². The summed E-state index contributed by atoms with van der Waals surface area (Å²) >= 11 is 0. The highest BCUT2D eigenvalue weighted by Gasteiger charge is 2.21. The van der Waals surface area contributed by atoms with E-state index in [0.29, 0.717) is 0 Å². The van der Waals surface area contributed by atoms with Gasteiger partial charge in [0.2, 0.25) is 5.56 Å². The van der Waals surface area contributed by atoms with E-state index >= 15 is 0 Å². The zero-order valence-corrected chi connectivity index (χ0v) is 14.7. The summed E-state index contributed by atoms with van der Waals surface area (Å²) in [5.74, 6) is 1.78. The summed E-state index contributed by atoms with van der Waals surface area (Å²) < 4.78 is 5.40. The third kappa shape index (κ3) is 3.96. The van der Waals surface area contributed by atoms with Crippen LogP contribution in [-0.4, -0.2) is 60.4 Å². The lowest BCUT2D eigenvalue weighted by molar-refractivity contribution is 0.122. The van der Waals surface area contributed by atoms with Crippen LogP contribution in [0, 0.1) is 0 Å². The van der Waals surface area contributed by atoms with E-state index in [0.717, 1.165) is 69.6 Å². The van der Waals surface area contributed by atoms with Crippen molar-refractivity contribution in [2.75, 3.05) is 54.5 Å². The first-order chi connectivity index (χ1) is 12.8. The molecule has 138 valence electrons. The standard InChI is InChI=1S/C18H24N6O2/c25-18-10-15(3-4-19-18)24-5-1-2-14(12-24)22-16-11-17(21-13-20-16)23-6-8-26-9-7-23/h3-4,10-11,13-14H,1-2,5-9,12H2,(H,19,25)(H,20,21,22)/t14-/m1/s1. The lowest BCUT2D eigenvalue weighted by atomic mass is 10.1. The Morgan fingerprint density at radius 2 is 2.04 bits per heavy atom. The van der Waals surface area contributed by atoms with Gasteiger partial charge in [-0.15, -0.1) is 0 Å². The first-order valence-electron chi connectivity index (χ1n) is 9.13. The minimum absolute atomic E-state index is 0.0662. The zero-order valence-electron chi connectivity index (χ0n) is 14.7. The van der Waals surface area contributed by atoms with Crippen LogP contribution >= 0.6 is 0 Å². The number of pyridine rings is 1. The Morgan fingerprint density at radius 3 is 2.88 bits per heavy atom. The van der Waals surface area contributed by atoms with Crippen LogP contribution in [0.15, 0.2) is 35.5 Å². The molecule has 0 aromatic carbocycles. The fourth-order valence-electron chi connectivity index (χ4n) is 3.56. The van der Waals surface area contributed by atoms with E-state index in [9.17, 15) is 4.79 Å². The molecule has 0 radical (unpaired) electrons. The average Bonchev–Trinajstić information content (AvgIpc) is 2.69. The first kappa shape index (κ1) is 16.8. The molecular weight excluding hydrogens is 332 g/mol. The molecule has 0 unspecified atom stereocenters. The monoisotopic (exact) mass is 356 g/mol. The zero-order chi connectivity index (χ0) is 17.8. The second-order valence-electron chi connectivity index (χ2n) is 6.70. The number of piperidine rings is 1. The third-order valence-corrected chi connectivity index (χ3v) is 4.88. The summed E-state index contributed by atoms with van der Waals surface area (Å²) in [6, 6.07) is 5.90. The second kappa shape index (κ2) is 7.74. The maximum Gasteiger partial charge on any atom is 0.249 e. The molecule has 2 aromatic heterocycles. The Morgan fingerprint density at radius 1 is 1.15 bits per heavy atom. The highest BCUT2D eigenvalue weighted by molar-refractivity contribution is 5.50. The number of nitrogens with one attached hydrogen (secondary N) is 2. The van der Waals surface area contributed by atoms with Crippen molar-refractivity contribution < 1.29 is 4.74 Å². The van der Waals surface area contributed by atoms with Gasteiger partial charge in [-0.2, -0.15) is 0 Å². The van der Waals surface area contributed by atoms with Crippen LogP contribution in [0.4, 0.5) is 17.3 Å². The molecule has 2 N–H and O–H groups in total. The SMILES string of the molecule is O=c1cc(N2CCC[C@@H](Nc3cc(N4CCOCC4)ncn3)C2)cc[nH]1. The molecule has 2 fully saturated rings. The highest BCUT2D eigenvalue weighted by atomic mass is 16.5. The fraction of sp³-hybridized carbons (Fsp3) is 0.500. The smallest absolute Gasteiger partial charge is 0.249 e. The minimum atomic E-state index is -0.0662. The predicted molar refractivity (Wildman–Crippen MR) is 101 cm³/mol. The molecule has 2 aliphatic rings. The summed E-state index contributed by atoms with van der Waals surface area (Å²) in [6.07, 6.45) is 5.47. The molecule has 2 aliphatic heterocycles. The van der Waals surface area contributed by atoms with Crippen molar-refractivity contribution in [3.63, 3.8) is 0 Å². The molecule has 0 aliphatic carbocycles. The van der Waals surface area contributed by atoms with Gasteiger partial charge in [0, 0.05) is 56.2 Å². The number of aromatic nitrogens is 3. The Labute approximate surface area is 152 Å². The largest absolute Gasteiger partial charge is 0.378 e. The van der Waals surface area contributed by atoms with Gasteiger partial charge in [-0.1, -0.05) is 0 Å². The first-order valence-corrected chi connectivity index (χ1v) is 9.13. The van der Waals surface area contributed by atoms with Crippen LogP contribution in [-0.2, 0) is 4.74 Å². The molecule has 0 saturated carbocycles. The summed E-state index contributed by atoms with van der Waals surface area (Å²) in [5.41, 5.74) is 0.903. The van der Waals surface area contributed by atoms with E-state index in [1.165, 1.54) is 0 Å². The van der Waals surface area contributed by atoms with Crippen molar-refractivity contribution in [1.82, 2.24) is 15.0 Å². The number of ether oxygens (including phenoxy) is 1. The number of rotatable bonds is 4. The maximum atomic E-state index is 11.6. The van der Waals surface area contributed by atoms with Crippen LogP contribution in [0.3, 0.4) is 0 Å². The molecular formula is C18H24N6O2. The normalized spacial score (nSPS) is 20.8. The molecule has 0 spiro atoms. The molecule has 8 nitrogen and oxygen atoms in total. The molecule has 2 aromatic rings. The van der Waals surface area contributed by atoms with Crippen LogP contribution in [0.5, 0.6) is 0 Å². The van der Waals surface area contributed by atoms with Crippen LogP contribution in [0.2, 0.25) is 0 Å². The molecule has 8 heteroatoms. The van der Waals surface area contributed by atoms with Crippen molar-refractivity contribution >= 4 is 17.3 Å². The quantitative estimate of drug-likeness (QED) is 0.848. The topological polar surface area (TPSA) is 86.4 Å². The molecule has 4 rings (SSSR count). The number of morpholine rings is 1. The molecule has 1 atom stereocenters. The summed E-state index contributed by atoms with van der Waals surface area (Å²) in [7, 11) is 0. The van der Waals surface area contributed by atoms with E-state index in [2.05, 4.69) is 30.1 Å². The Balaban J connectivity index is 1.42. The van der Waals surface area contributed by atoms with Gasteiger partial charge in [0.05, 0.1) is 13.2 Å². The number of nitrogens with zero attached hydrogens (tertiary/aromatic N) is 4. The Hall–Kier alpha value is -2.61. The van der Waals surface area contributed by atoms with Crippen LogP contribution < -0.4 is 20.7 Å². The van der Waals surface area contributed by atoms with Crippen molar-refractivity contribution in [3.8, 4) is 0 Å². The molecule has 2 saturated heterocycles. The molecule has 0 bridgehead atoms. The van der Waals surface area contributed by atoms with E-state index in [1.807, 2.05) is 12.1 Å². The van der Waals surface area contributed by atoms with Gasteiger partial charge in [-0.05, 0) is 18.9 Å². The average molecular weight is 356 g/mol. The van der Waals surface area contributed by atoms with Gasteiger partial charge in [-0.25, -0.2) is 9.97 Å². The molecule has 0 amide bonds. The number of hydrogen-bond donors (Lipinski definition) is 2. The van der Waals surface area contributed by atoms with Crippen LogP contribution in [0.25, 0.3) is 0 Å². The number of hydrogen-bond acceptors (Lipinski definition) is 7. The number of H-pyrrole nitrogens is 1. The van der Waals surface area contributed by atoms with Gasteiger partial charge in [0.1, 0.15) is 18.0 Å². The van der Waals surface area contributed by atoms with Gasteiger partial charge in [-0.3, -0.25) is 4.79 Å². The number of aromatic amines is 1. The molecule has 26 heavy (non-hydrogen) atoms. The van der Waals surface area contributed by atoms with Gasteiger partial charge >= 0.3 is 0 Å². The van der Waals surface area contributed by atoms with E-state index < -0.39 is 0 Å². The molecule has 4 heterocycles. The van der Waals surface area contributed by atoms with Crippen molar-refractivity contribution in [2.24, 2.45) is 0 Å². The fourth-order valence-corrected chi connectivity index (χ4v) is 3.56. The lowest BCUT2D eigenvalue weighted by Crippen LogP contribution is -2.42. The lowest BCUT2D eigenvalue weighted by Gasteiger charge is -2.35. The summed E-state index contributed by atoms with van der Waals surface area (Å²) in [6.45, 7) is 5.00. The maximum absolute atomic E-state index is 11.6. The van der Waals surface area contributed by atoms with E-state index in [4.69, 9.17) is 4.74 Å². The van der Waals surface area contributed by atoms with E-state index in [1.54, 1.807) is 18.6 Å². The third-order valence-electron chi connectivity index (χ3n) is 4.88. The van der Waals surface area contributed by atoms with Gasteiger partial charge < -0.3 is 24.8 Å². The Bertz CT molecular complexity index is 789. The van der Waals surface area contributed by atoms with Gasteiger partial charge in [0.15, 0.2) is 0 Å². The van der Waals surface area contributed by atoms with Crippen LogP contribution in [0.1, 0.15) is 12.8 Å². The summed E-state index contributed by atoms with van der Waals surface area (Å²) in [4.78, 5) is 27.5. The Kier molecular flexibility index (Phi) is 5.01. The predicted octanol–water partition coefficient (Wildman–Crippen LogP) is 1.08. The second-order valence-corrected chi connectivity index (χ2v) is 6.70. The van der Waals surface area contributed by atoms with Gasteiger partial charge in [0.25, 0.3) is 0 Å². The van der Waals surface area contributed by atoms with Crippen molar-refractivity contribution in [3.05, 3.63) is 41.1 Å². The van der Waals surface area contributed by atoms with Crippen molar-refractivity contribution in [1.29, 1.82) is 0 Å². The minimum Gasteiger partial charge on any atom is -0.378 e. The summed E-state index contributed by atoms with van der Waals surface area (Å²) in [5, 5.41) is 3.54. The highest BCUT2D eigenvalue weighted by Crippen LogP contribution is 2.21. The number of anilines is 3. The van der Waals surface area contributed by atoms with Crippen molar-refractivity contribution in [2.45, 2.75) is 18.9 Å².